The van der Waals surface area contributed by atoms with Gasteiger partial charge in [0.15, 0.2) is 0 Å². The summed E-state index contributed by atoms with van der Waals surface area (Å²) in [5.41, 5.74) is 1.08. The van der Waals surface area contributed by atoms with Gasteiger partial charge < -0.3 is 14.2 Å². The maximum Gasteiger partial charge on any atom is 0.208 e. The van der Waals surface area contributed by atoms with Crippen LogP contribution in [0, 0.1) is 0 Å². The van der Waals surface area contributed by atoms with Crippen molar-refractivity contribution in [1.82, 2.24) is 0 Å². The van der Waals surface area contributed by atoms with Crippen molar-refractivity contribution in [2.75, 3.05) is 6.61 Å². The normalized spacial score (nSPS) is 20.3. The number of unbranched alkanes of at least 4 members (excludes halogenated alkanes) is 4. The van der Waals surface area contributed by atoms with Gasteiger partial charge >= 0.3 is 0 Å². The summed E-state index contributed by atoms with van der Waals surface area (Å²) in [4.78, 5) is 0. The molecule has 22 heavy (non-hydrogen) atoms. The van der Waals surface area contributed by atoms with E-state index in [1.165, 1.54) is 19.3 Å². The Kier molecular flexibility index (Phi) is 6.56. The standard InChI is InChI=1S/C19H30O3/c1-4-6-8-9-12-19(3)21-15-16-14-17(20-13-7-5-2)10-11-18(16)22-19/h10-11,14H,4-9,12-13,15H2,1-3H3/t19-/m1/s1. The summed E-state index contributed by atoms with van der Waals surface area (Å²) < 4.78 is 17.8. The zero-order valence-corrected chi connectivity index (χ0v) is 14.3. The third kappa shape index (κ3) is 4.91. The van der Waals surface area contributed by atoms with Gasteiger partial charge in [-0.15, -0.1) is 0 Å². The first-order chi connectivity index (χ1) is 10.7. The summed E-state index contributed by atoms with van der Waals surface area (Å²) in [7, 11) is 0. The number of rotatable bonds is 9. The smallest absolute Gasteiger partial charge is 0.208 e. The topological polar surface area (TPSA) is 27.7 Å². The van der Waals surface area contributed by atoms with Crippen molar-refractivity contribution in [2.24, 2.45) is 0 Å². The monoisotopic (exact) mass is 306 g/mol. The fourth-order valence-corrected chi connectivity index (χ4v) is 2.68. The van der Waals surface area contributed by atoms with Crippen LogP contribution in [0.4, 0.5) is 0 Å². The van der Waals surface area contributed by atoms with Crippen molar-refractivity contribution in [3.05, 3.63) is 23.8 Å². The minimum atomic E-state index is -0.481. The van der Waals surface area contributed by atoms with Crippen LogP contribution in [0.1, 0.15) is 71.3 Å². The molecule has 3 heteroatoms. The first-order valence-electron chi connectivity index (χ1n) is 8.75. The van der Waals surface area contributed by atoms with E-state index in [2.05, 4.69) is 13.8 Å². The molecule has 1 heterocycles. The summed E-state index contributed by atoms with van der Waals surface area (Å²) in [6.07, 6.45) is 8.11. The number of hydrogen-bond donors (Lipinski definition) is 0. The molecule has 0 spiro atoms. The molecule has 1 aliphatic rings. The van der Waals surface area contributed by atoms with E-state index in [-0.39, 0.29) is 0 Å². The second-order valence-corrected chi connectivity index (χ2v) is 6.31. The quantitative estimate of drug-likeness (QED) is 0.567. The SMILES string of the molecule is CCCCCC[C@]1(C)OCc2cc(OCCCC)ccc2O1. The van der Waals surface area contributed by atoms with Gasteiger partial charge in [-0.2, -0.15) is 0 Å². The lowest BCUT2D eigenvalue weighted by Gasteiger charge is -2.36. The minimum absolute atomic E-state index is 0.481. The van der Waals surface area contributed by atoms with Gasteiger partial charge in [0.25, 0.3) is 0 Å². The second kappa shape index (κ2) is 8.42. The highest BCUT2D eigenvalue weighted by Crippen LogP contribution is 2.36. The molecule has 1 atom stereocenters. The lowest BCUT2D eigenvalue weighted by molar-refractivity contribution is -0.198. The number of benzene rings is 1. The first kappa shape index (κ1) is 17.1. The van der Waals surface area contributed by atoms with Gasteiger partial charge in [-0.1, -0.05) is 39.5 Å². The van der Waals surface area contributed by atoms with E-state index in [1.54, 1.807) is 0 Å². The van der Waals surface area contributed by atoms with E-state index in [1.807, 2.05) is 25.1 Å². The van der Waals surface area contributed by atoms with Gasteiger partial charge in [0.05, 0.1) is 13.2 Å². The Balaban J connectivity index is 1.90. The number of hydrogen-bond acceptors (Lipinski definition) is 3. The third-order valence-corrected chi connectivity index (χ3v) is 4.14. The van der Waals surface area contributed by atoms with Crippen LogP contribution in [0.25, 0.3) is 0 Å². The van der Waals surface area contributed by atoms with Gasteiger partial charge in [0, 0.05) is 18.9 Å². The Morgan fingerprint density at radius 2 is 1.91 bits per heavy atom. The molecule has 0 N–H and O–H groups in total. The highest BCUT2D eigenvalue weighted by Gasteiger charge is 2.32. The Labute approximate surface area is 135 Å². The molecule has 124 valence electrons. The Morgan fingerprint density at radius 3 is 2.68 bits per heavy atom. The van der Waals surface area contributed by atoms with Crippen molar-refractivity contribution < 1.29 is 14.2 Å². The molecule has 1 aromatic rings. The van der Waals surface area contributed by atoms with Crippen LogP contribution in [-0.4, -0.2) is 12.4 Å². The molecule has 2 rings (SSSR count). The average Bonchev–Trinajstić information content (AvgIpc) is 2.52. The molecule has 0 radical (unpaired) electrons. The van der Waals surface area contributed by atoms with Crippen molar-refractivity contribution in [3.63, 3.8) is 0 Å². The maximum absolute atomic E-state index is 6.10. The molecule has 0 amide bonds. The van der Waals surface area contributed by atoms with E-state index < -0.39 is 5.79 Å². The van der Waals surface area contributed by atoms with Gasteiger partial charge in [-0.25, -0.2) is 0 Å². The molecular formula is C19H30O3. The van der Waals surface area contributed by atoms with Crippen molar-refractivity contribution >= 4 is 0 Å². The van der Waals surface area contributed by atoms with Gasteiger partial charge in [0.1, 0.15) is 11.5 Å². The van der Waals surface area contributed by atoms with Gasteiger partial charge in [0.2, 0.25) is 5.79 Å². The van der Waals surface area contributed by atoms with Crippen molar-refractivity contribution in [1.29, 1.82) is 0 Å². The summed E-state index contributed by atoms with van der Waals surface area (Å²) >= 11 is 0. The van der Waals surface area contributed by atoms with Crippen LogP contribution < -0.4 is 9.47 Å². The van der Waals surface area contributed by atoms with Crippen molar-refractivity contribution in [3.8, 4) is 11.5 Å². The lowest BCUT2D eigenvalue weighted by Crippen LogP contribution is -2.38. The maximum atomic E-state index is 6.10. The predicted octanol–water partition coefficient (Wildman–Crippen LogP) is 5.46. The summed E-state index contributed by atoms with van der Waals surface area (Å²) in [6, 6.07) is 6.06. The number of fused-ring (bicyclic) bond motifs is 1. The Morgan fingerprint density at radius 1 is 1.09 bits per heavy atom. The van der Waals surface area contributed by atoms with Crippen LogP contribution in [0.2, 0.25) is 0 Å². The molecule has 0 aromatic heterocycles. The van der Waals surface area contributed by atoms with Crippen molar-refractivity contribution in [2.45, 2.75) is 78.1 Å². The van der Waals surface area contributed by atoms with Crippen LogP contribution in [0.15, 0.2) is 18.2 Å². The highest BCUT2D eigenvalue weighted by molar-refractivity contribution is 5.41. The molecule has 0 fully saturated rings. The third-order valence-electron chi connectivity index (χ3n) is 4.14. The zero-order valence-electron chi connectivity index (χ0n) is 14.3. The Hall–Kier alpha value is -1.22. The van der Waals surface area contributed by atoms with E-state index in [4.69, 9.17) is 14.2 Å². The summed E-state index contributed by atoms with van der Waals surface area (Å²) in [5, 5.41) is 0. The molecule has 1 aromatic carbocycles. The van der Waals surface area contributed by atoms with Gasteiger partial charge in [-0.3, -0.25) is 0 Å². The lowest BCUT2D eigenvalue weighted by atomic mass is 10.1. The molecule has 3 nitrogen and oxygen atoms in total. The average molecular weight is 306 g/mol. The molecule has 0 unspecified atom stereocenters. The fraction of sp³-hybridized carbons (Fsp3) is 0.684. The van der Waals surface area contributed by atoms with E-state index >= 15 is 0 Å². The molecule has 0 aliphatic carbocycles. The van der Waals surface area contributed by atoms with Crippen LogP contribution in [-0.2, 0) is 11.3 Å². The fourth-order valence-electron chi connectivity index (χ4n) is 2.68. The highest BCUT2D eigenvalue weighted by atomic mass is 16.7. The van der Waals surface area contributed by atoms with Crippen LogP contribution in [0.5, 0.6) is 11.5 Å². The van der Waals surface area contributed by atoms with E-state index in [0.717, 1.165) is 49.4 Å². The summed E-state index contributed by atoms with van der Waals surface area (Å²) in [6.45, 7) is 7.81. The van der Waals surface area contributed by atoms with E-state index in [0.29, 0.717) is 6.61 Å². The summed E-state index contributed by atoms with van der Waals surface area (Å²) in [5.74, 6) is 1.36. The second-order valence-electron chi connectivity index (χ2n) is 6.31. The molecule has 0 saturated heterocycles. The molecule has 0 saturated carbocycles. The minimum Gasteiger partial charge on any atom is -0.494 e. The first-order valence-corrected chi connectivity index (χ1v) is 8.75. The Bertz CT molecular complexity index is 458. The molecular weight excluding hydrogens is 276 g/mol. The van der Waals surface area contributed by atoms with E-state index in [9.17, 15) is 0 Å². The van der Waals surface area contributed by atoms with Crippen LogP contribution >= 0.6 is 0 Å². The zero-order chi connectivity index (χ0) is 15.8. The van der Waals surface area contributed by atoms with Crippen LogP contribution in [0.3, 0.4) is 0 Å². The predicted molar refractivity (Wildman–Crippen MR) is 89.4 cm³/mol. The molecule has 1 aliphatic heterocycles. The largest absolute Gasteiger partial charge is 0.494 e. The number of ether oxygens (including phenoxy) is 3. The molecule has 0 bridgehead atoms. The van der Waals surface area contributed by atoms with Gasteiger partial charge in [-0.05, 0) is 31.0 Å².